The van der Waals surface area contributed by atoms with Crippen molar-refractivity contribution in [1.82, 2.24) is 4.90 Å². The van der Waals surface area contributed by atoms with Crippen molar-refractivity contribution in [3.05, 3.63) is 60.7 Å². The van der Waals surface area contributed by atoms with Gasteiger partial charge in [-0.2, -0.15) is 0 Å². The average molecular weight is 486 g/mol. The Morgan fingerprint density at radius 1 is 0.941 bits per heavy atom. The molecule has 34 heavy (non-hydrogen) atoms. The molecule has 0 spiro atoms. The van der Waals surface area contributed by atoms with Gasteiger partial charge in [0.15, 0.2) is 6.10 Å². The quantitative estimate of drug-likeness (QED) is 0.542. The third-order valence-electron chi connectivity index (χ3n) is 6.56. The van der Waals surface area contributed by atoms with E-state index in [0.29, 0.717) is 6.42 Å². The molecule has 1 fully saturated rings. The molecule has 1 heterocycles. The van der Waals surface area contributed by atoms with Gasteiger partial charge in [0.1, 0.15) is 11.7 Å². The maximum absolute atomic E-state index is 12.8. The molecule has 7 nitrogen and oxygen atoms in total. The third kappa shape index (κ3) is 4.95. The van der Waals surface area contributed by atoms with Gasteiger partial charge in [-0.15, -0.1) is 0 Å². The highest BCUT2D eigenvalue weighted by Crippen LogP contribution is 2.41. The van der Waals surface area contributed by atoms with E-state index >= 15 is 0 Å². The van der Waals surface area contributed by atoms with Gasteiger partial charge < -0.3 is 19.7 Å². The summed E-state index contributed by atoms with van der Waals surface area (Å²) in [5.74, 6) is -0.872. The lowest BCUT2D eigenvalue weighted by Gasteiger charge is -2.42. The van der Waals surface area contributed by atoms with Crippen LogP contribution in [-0.2, 0) is 9.53 Å². The average Bonchev–Trinajstić information content (AvgIpc) is 3.00. The summed E-state index contributed by atoms with van der Waals surface area (Å²) in [6.07, 6.45) is -3.43. The van der Waals surface area contributed by atoms with Crippen molar-refractivity contribution in [2.75, 3.05) is 0 Å². The summed E-state index contributed by atoms with van der Waals surface area (Å²) in [5.41, 5.74) is -0.840. The number of nitrogens with zero attached hydrogens (tertiary/aromatic N) is 1. The van der Waals surface area contributed by atoms with Gasteiger partial charge in [0.25, 0.3) is 14.2 Å². The van der Waals surface area contributed by atoms with Crippen molar-refractivity contribution >= 4 is 30.7 Å². The maximum atomic E-state index is 12.8. The van der Waals surface area contributed by atoms with Crippen molar-refractivity contribution in [1.29, 1.82) is 0 Å². The summed E-state index contributed by atoms with van der Waals surface area (Å²) in [5, 5.41) is 21.9. The Bertz CT molecular complexity index is 965. The van der Waals surface area contributed by atoms with Gasteiger partial charge in [0, 0.05) is 0 Å². The molecule has 2 aromatic rings. The molecule has 8 heteroatoms. The third-order valence-corrected chi connectivity index (χ3v) is 11.1. The number of ether oxygens (including phenoxy) is 1. The zero-order valence-electron chi connectivity index (χ0n) is 20.4. The molecule has 184 valence electrons. The summed E-state index contributed by atoms with van der Waals surface area (Å²) >= 11 is 0. The molecule has 2 amide bonds. The summed E-state index contributed by atoms with van der Waals surface area (Å²) < 4.78 is 5.36. The van der Waals surface area contributed by atoms with Gasteiger partial charge in [-0.05, 0) is 49.0 Å². The highest BCUT2D eigenvalue weighted by Gasteiger charge is 2.54. The number of carbonyl (C=O) groups excluding carboxylic acids is 2. The standard InChI is InChI=1S/C26H35NO6Si/c1-25(2,3)33-24(31)27-20(21(28)22(29)23(27)30)16-17-26(4,5)34(32,18-12-8-6-9-13-18)19-14-10-7-11-15-19/h6-15,20-22,28-29,32H,16-17H2,1-5H3/t20-,21-,22-/m0/s1. The van der Waals surface area contributed by atoms with Gasteiger partial charge in [-0.1, -0.05) is 74.5 Å². The van der Waals surface area contributed by atoms with Crippen LogP contribution in [0.4, 0.5) is 4.79 Å². The Balaban J connectivity index is 1.93. The number of likely N-dealkylation sites (tertiary alicyclic amines) is 1. The van der Waals surface area contributed by atoms with E-state index in [-0.39, 0.29) is 6.42 Å². The highest BCUT2D eigenvalue weighted by molar-refractivity contribution is 6.98. The summed E-state index contributed by atoms with van der Waals surface area (Å²) in [6.45, 7) is 8.98. The van der Waals surface area contributed by atoms with Crippen LogP contribution in [0.25, 0.3) is 0 Å². The van der Waals surface area contributed by atoms with Gasteiger partial charge in [0.05, 0.1) is 6.04 Å². The fraction of sp³-hybridized carbons (Fsp3) is 0.462. The zero-order valence-corrected chi connectivity index (χ0v) is 21.4. The van der Waals surface area contributed by atoms with Gasteiger partial charge >= 0.3 is 6.09 Å². The monoisotopic (exact) mass is 485 g/mol. The second kappa shape index (κ2) is 9.62. The zero-order chi connectivity index (χ0) is 25.3. The van der Waals surface area contributed by atoms with Crippen LogP contribution >= 0.6 is 0 Å². The van der Waals surface area contributed by atoms with Crippen LogP contribution in [0.1, 0.15) is 47.5 Å². The fourth-order valence-electron chi connectivity index (χ4n) is 4.65. The summed E-state index contributed by atoms with van der Waals surface area (Å²) in [4.78, 5) is 38.5. The molecule has 1 saturated heterocycles. The topological polar surface area (TPSA) is 107 Å². The number of carbonyl (C=O) groups is 2. The molecule has 0 bridgehead atoms. The minimum Gasteiger partial charge on any atom is -0.443 e. The summed E-state index contributed by atoms with van der Waals surface area (Å²) in [6, 6.07) is 18.1. The number of aliphatic hydroxyl groups is 2. The number of hydrogen-bond donors (Lipinski definition) is 3. The fourth-order valence-corrected chi connectivity index (χ4v) is 8.40. The van der Waals surface area contributed by atoms with E-state index in [1.54, 1.807) is 20.8 Å². The molecule has 3 rings (SSSR count). The molecule has 0 saturated carbocycles. The van der Waals surface area contributed by atoms with Gasteiger partial charge in [-0.25, -0.2) is 9.69 Å². The van der Waals surface area contributed by atoms with Crippen molar-refractivity contribution < 1.29 is 29.3 Å². The molecule has 0 unspecified atom stereocenters. The molecule has 0 aromatic heterocycles. The van der Waals surface area contributed by atoms with Crippen LogP contribution < -0.4 is 10.4 Å². The molecule has 3 N–H and O–H groups in total. The van der Waals surface area contributed by atoms with E-state index in [1.807, 2.05) is 74.5 Å². The van der Waals surface area contributed by atoms with Gasteiger partial charge in [0.2, 0.25) is 0 Å². The number of benzene rings is 2. The minimum absolute atomic E-state index is 0.200. The van der Waals surface area contributed by atoms with Crippen LogP contribution in [0.5, 0.6) is 0 Å². The lowest BCUT2D eigenvalue weighted by Crippen LogP contribution is -2.65. The molecule has 2 aromatic carbocycles. The van der Waals surface area contributed by atoms with Crippen LogP contribution in [-0.4, -0.2) is 64.1 Å². The lowest BCUT2D eigenvalue weighted by atomic mass is 9.98. The van der Waals surface area contributed by atoms with Crippen molar-refractivity contribution in [3.8, 4) is 0 Å². The second-order valence-corrected chi connectivity index (χ2v) is 14.5. The van der Waals surface area contributed by atoms with E-state index in [9.17, 15) is 24.6 Å². The van der Waals surface area contributed by atoms with Crippen LogP contribution in [0.3, 0.4) is 0 Å². The number of rotatable bonds is 6. The molecular formula is C26H35NO6Si. The second-order valence-electron chi connectivity index (χ2n) is 10.6. The molecule has 3 atom stereocenters. The van der Waals surface area contributed by atoms with Crippen LogP contribution in [0, 0.1) is 0 Å². The van der Waals surface area contributed by atoms with Crippen LogP contribution in [0.2, 0.25) is 5.04 Å². The SMILES string of the molecule is CC(C)(C)OC(=O)N1C(=O)[C@@H](O)[C@@H](O)[C@@H]1CCC(C)(C)[Si](O)(c1ccccc1)c1ccccc1. The number of amides is 2. The number of imide groups is 1. The highest BCUT2D eigenvalue weighted by atomic mass is 28.4. The van der Waals surface area contributed by atoms with Crippen molar-refractivity contribution in [2.45, 2.75) is 76.3 Å². The van der Waals surface area contributed by atoms with Crippen LogP contribution in [0.15, 0.2) is 60.7 Å². The van der Waals surface area contributed by atoms with Crippen molar-refractivity contribution in [2.24, 2.45) is 0 Å². The maximum Gasteiger partial charge on any atom is 0.417 e. The first-order valence-electron chi connectivity index (χ1n) is 11.6. The van der Waals surface area contributed by atoms with Crippen molar-refractivity contribution in [3.63, 3.8) is 0 Å². The lowest BCUT2D eigenvalue weighted by molar-refractivity contribution is -0.135. The Morgan fingerprint density at radius 3 is 1.85 bits per heavy atom. The summed E-state index contributed by atoms with van der Waals surface area (Å²) in [7, 11) is -3.31. The van der Waals surface area contributed by atoms with Gasteiger partial charge in [-0.3, -0.25) is 4.79 Å². The molecular weight excluding hydrogens is 450 g/mol. The molecule has 0 aliphatic carbocycles. The predicted molar refractivity (Wildman–Crippen MR) is 132 cm³/mol. The molecule has 1 aliphatic heterocycles. The number of hydrogen-bond acceptors (Lipinski definition) is 6. The van der Waals surface area contributed by atoms with E-state index in [4.69, 9.17) is 4.74 Å². The predicted octanol–water partition coefficient (Wildman–Crippen LogP) is 2.17. The van der Waals surface area contributed by atoms with E-state index in [1.165, 1.54) is 0 Å². The Morgan fingerprint density at radius 2 is 1.41 bits per heavy atom. The van der Waals surface area contributed by atoms with E-state index in [0.717, 1.165) is 15.3 Å². The molecule has 0 radical (unpaired) electrons. The van der Waals surface area contributed by atoms with E-state index < -0.39 is 49.2 Å². The first kappa shape index (κ1) is 26.1. The first-order valence-corrected chi connectivity index (χ1v) is 13.5. The smallest absolute Gasteiger partial charge is 0.417 e. The van der Waals surface area contributed by atoms with E-state index in [2.05, 4.69) is 0 Å². The first-order chi connectivity index (χ1) is 15.8. The Hall–Kier alpha value is -2.52. The Kier molecular flexibility index (Phi) is 7.38. The molecule has 1 aliphatic rings. The largest absolute Gasteiger partial charge is 0.443 e. The minimum atomic E-state index is -3.31. The Labute approximate surface area is 202 Å². The number of aliphatic hydroxyl groups excluding tert-OH is 2. The normalized spacial score (nSPS) is 21.6.